The maximum atomic E-state index is 13.4. The lowest BCUT2D eigenvalue weighted by atomic mass is 10.1. The van der Waals surface area contributed by atoms with Gasteiger partial charge in [0, 0.05) is 47.0 Å². The van der Waals surface area contributed by atoms with Crippen molar-refractivity contribution in [2.45, 2.75) is 6.54 Å². The third kappa shape index (κ3) is 5.06. The molecule has 0 amide bonds. The van der Waals surface area contributed by atoms with E-state index in [2.05, 4.69) is 15.3 Å². The lowest BCUT2D eigenvalue weighted by Gasteiger charge is -1.98. The number of aromatic amines is 2. The van der Waals surface area contributed by atoms with E-state index in [0.717, 1.165) is 24.1 Å². The van der Waals surface area contributed by atoms with E-state index in [4.69, 9.17) is 0 Å². The Bertz CT molecular complexity index is 1080. The largest absolute Gasteiger partial charge is 0.361 e. The highest BCUT2D eigenvalue weighted by atomic mass is 19.1. The highest BCUT2D eigenvalue weighted by molar-refractivity contribution is 5.78. The van der Waals surface area contributed by atoms with Crippen LogP contribution in [-0.2, 0) is 6.54 Å². The number of aldehydes is 1. The van der Waals surface area contributed by atoms with Crippen molar-refractivity contribution in [2.24, 2.45) is 0 Å². The summed E-state index contributed by atoms with van der Waals surface area (Å²) in [4.78, 5) is 16.3. The van der Waals surface area contributed by atoms with E-state index in [-0.39, 0.29) is 11.6 Å². The van der Waals surface area contributed by atoms with Crippen LogP contribution >= 0.6 is 0 Å². The average molecular weight is 393 g/mol. The van der Waals surface area contributed by atoms with Gasteiger partial charge in [-0.25, -0.2) is 8.78 Å². The molecular weight excluding hydrogens is 372 g/mol. The van der Waals surface area contributed by atoms with Crippen LogP contribution in [0.4, 0.5) is 8.78 Å². The van der Waals surface area contributed by atoms with Gasteiger partial charge in [-0.2, -0.15) is 0 Å². The lowest BCUT2D eigenvalue weighted by Crippen LogP contribution is -2.03. The SMILES string of the molecule is CNCc1c[nH]c(-c2ccccc2F)c1.O=Cc1c[nH]c(-c2ccccc2F)c1. The normalized spacial score (nSPS) is 10.3. The quantitative estimate of drug-likeness (QED) is 0.410. The third-order valence-electron chi connectivity index (χ3n) is 4.29. The summed E-state index contributed by atoms with van der Waals surface area (Å²) >= 11 is 0. The molecular formula is C23H21F2N3O. The number of carbonyl (C=O) groups excluding carboxylic acids is 1. The van der Waals surface area contributed by atoms with Crippen LogP contribution in [0.1, 0.15) is 15.9 Å². The number of nitrogens with one attached hydrogen (secondary N) is 3. The van der Waals surface area contributed by atoms with Gasteiger partial charge in [-0.15, -0.1) is 0 Å². The number of aromatic nitrogens is 2. The number of benzene rings is 2. The minimum Gasteiger partial charge on any atom is -0.361 e. The predicted octanol–water partition coefficient (Wildman–Crippen LogP) is 5.17. The fraction of sp³-hybridized carbons (Fsp3) is 0.0870. The molecule has 0 aliphatic heterocycles. The number of halogens is 2. The summed E-state index contributed by atoms with van der Waals surface area (Å²) in [5.41, 5.74) is 4.16. The third-order valence-corrected chi connectivity index (χ3v) is 4.29. The summed E-state index contributed by atoms with van der Waals surface area (Å²) in [5.74, 6) is -0.498. The number of carbonyl (C=O) groups is 1. The maximum absolute atomic E-state index is 13.4. The van der Waals surface area contributed by atoms with Crippen molar-refractivity contribution in [3.63, 3.8) is 0 Å². The number of rotatable bonds is 5. The Balaban J connectivity index is 0.000000166. The molecule has 0 atom stereocenters. The summed E-state index contributed by atoms with van der Waals surface area (Å²) in [6.45, 7) is 0.783. The first-order chi connectivity index (χ1) is 14.1. The monoisotopic (exact) mass is 393 g/mol. The molecule has 6 heteroatoms. The fourth-order valence-electron chi connectivity index (χ4n) is 2.89. The molecule has 0 fully saturated rings. The molecule has 0 bridgehead atoms. The second-order valence-electron chi connectivity index (χ2n) is 6.38. The Kier molecular flexibility index (Phi) is 6.71. The fourth-order valence-corrected chi connectivity index (χ4v) is 2.89. The second-order valence-corrected chi connectivity index (χ2v) is 6.38. The van der Waals surface area contributed by atoms with Crippen molar-refractivity contribution in [1.29, 1.82) is 0 Å². The van der Waals surface area contributed by atoms with Gasteiger partial charge in [0.1, 0.15) is 11.6 Å². The van der Waals surface area contributed by atoms with Crippen LogP contribution < -0.4 is 5.32 Å². The highest BCUT2D eigenvalue weighted by Gasteiger charge is 2.06. The molecule has 4 aromatic rings. The Morgan fingerprint density at radius 3 is 1.93 bits per heavy atom. The van der Waals surface area contributed by atoms with Crippen LogP contribution in [0.15, 0.2) is 73.1 Å². The van der Waals surface area contributed by atoms with Crippen LogP contribution in [-0.4, -0.2) is 23.3 Å². The number of hydrogen-bond donors (Lipinski definition) is 3. The van der Waals surface area contributed by atoms with E-state index in [1.165, 1.54) is 12.1 Å². The molecule has 2 heterocycles. The second kappa shape index (κ2) is 9.61. The summed E-state index contributed by atoms with van der Waals surface area (Å²) in [5, 5.41) is 3.05. The molecule has 0 aliphatic rings. The molecule has 0 unspecified atom stereocenters. The first-order valence-corrected chi connectivity index (χ1v) is 9.07. The Morgan fingerprint density at radius 2 is 1.41 bits per heavy atom. The van der Waals surface area contributed by atoms with Crippen LogP contribution in [0, 0.1) is 11.6 Å². The molecule has 0 spiro atoms. The summed E-state index contributed by atoms with van der Waals surface area (Å²) in [7, 11) is 1.88. The molecule has 0 radical (unpaired) electrons. The maximum Gasteiger partial charge on any atom is 0.151 e. The van der Waals surface area contributed by atoms with E-state index in [1.807, 2.05) is 25.4 Å². The van der Waals surface area contributed by atoms with Gasteiger partial charge >= 0.3 is 0 Å². The zero-order chi connectivity index (χ0) is 20.6. The predicted molar refractivity (Wildman–Crippen MR) is 111 cm³/mol. The molecule has 4 rings (SSSR count). The van der Waals surface area contributed by atoms with E-state index in [1.54, 1.807) is 42.6 Å². The van der Waals surface area contributed by atoms with Gasteiger partial charge in [0.05, 0.1) is 0 Å². The molecule has 29 heavy (non-hydrogen) atoms. The molecule has 0 saturated heterocycles. The zero-order valence-electron chi connectivity index (χ0n) is 15.9. The van der Waals surface area contributed by atoms with Gasteiger partial charge in [0.2, 0.25) is 0 Å². The van der Waals surface area contributed by atoms with Gasteiger partial charge in [0.25, 0.3) is 0 Å². The van der Waals surface area contributed by atoms with Crippen LogP contribution in [0.25, 0.3) is 22.5 Å². The van der Waals surface area contributed by atoms with Crippen LogP contribution in [0.3, 0.4) is 0 Å². The molecule has 0 saturated carbocycles. The number of H-pyrrole nitrogens is 2. The van der Waals surface area contributed by atoms with Crippen molar-refractivity contribution in [3.8, 4) is 22.5 Å². The van der Waals surface area contributed by atoms with Gasteiger partial charge in [-0.3, -0.25) is 4.79 Å². The lowest BCUT2D eigenvalue weighted by molar-refractivity contribution is 0.112. The molecule has 3 N–H and O–H groups in total. The minimum absolute atomic E-state index is 0.199. The first-order valence-electron chi connectivity index (χ1n) is 9.07. The average Bonchev–Trinajstić information content (AvgIpc) is 3.39. The smallest absolute Gasteiger partial charge is 0.151 e. The van der Waals surface area contributed by atoms with Crippen molar-refractivity contribution < 1.29 is 13.6 Å². The van der Waals surface area contributed by atoms with E-state index in [0.29, 0.717) is 22.4 Å². The summed E-state index contributed by atoms with van der Waals surface area (Å²) < 4.78 is 26.7. The Morgan fingerprint density at radius 1 is 0.862 bits per heavy atom. The molecule has 0 aliphatic carbocycles. The topological polar surface area (TPSA) is 60.7 Å². The molecule has 2 aromatic heterocycles. The van der Waals surface area contributed by atoms with Crippen molar-refractivity contribution >= 4 is 6.29 Å². The van der Waals surface area contributed by atoms with Gasteiger partial charge in [-0.05, 0) is 49.0 Å². The van der Waals surface area contributed by atoms with E-state index in [9.17, 15) is 13.6 Å². The first kappa shape index (κ1) is 20.2. The van der Waals surface area contributed by atoms with Crippen molar-refractivity contribution in [2.75, 3.05) is 7.05 Å². The Hall–Kier alpha value is -3.51. The minimum atomic E-state index is -0.299. The van der Waals surface area contributed by atoms with E-state index >= 15 is 0 Å². The number of hydrogen-bond acceptors (Lipinski definition) is 2. The van der Waals surface area contributed by atoms with Gasteiger partial charge < -0.3 is 15.3 Å². The van der Waals surface area contributed by atoms with E-state index < -0.39 is 0 Å². The summed E-state index contributed by atoms with van der Waals surface area (Å²) in [6, 6.07) is 16.8. The molecule has 4 nitrogen and oxygen atoms in total. The van der Waals surface area contributed by atoms with Gasteiger partial charge in [0.15, 0.2) is 6.29 Å². The standard InChI is InChI=1S/C12H13FN2.C11H8FNO/c1-14-7-9-6-12(15-8-9)10-4-2-3-5-11(10)13;12-10-4-2-1-3-9(10)11-5-8(7-14)6-13-11/h2-6,8,14-15H,7H2,1H3;1-7,13H. The molecule has 148 valence electrons. The van der Waals surface area contributed by atoms with Crippen molar-refractivity contribution in [3.05, 3.63) is 95.8 Å². The molecule has 2 aromatic carbocycles. The Labute approximate surface area is 167 Å². The van der Waals surface area contributed by atoms with Crippen LogP contribution in [0.5, 0.6) is 0 Å². The van der Waals surface area contributed by atoms with Crippen LogP contribution in [0.2, 0.25) is 0 Å². The van der Waals surface area contributed by atoms with Crippen molar-refractivity contribution in [1.82, 2.24) is 15.3 Å². The summed E-state index contributed by atoms with van der Waals surface area (Å²) in [6.07, 6.45) is 4.16. The van der Waals surface area contributed by atoms with Gasteiger partial charge in [-0.1, -0.05) is 24.3 Å². The zero-order valence-corrected chi connectivity index (χ0v) is 15.9. The highest BCUT2D eigenvalue weighted by Crippen LogP contribution is 2.22.